The Morgan fingerprint density at radius 2 is 2.14 bits per heavy atom. The van der Waals surface area contributed by atoms with Crippen molar-refractivity contribution in [1.29, 1.82) is 0 Å². The van der Waals surface area contributed by atoms with Gasteiger partial charge in [-0.05, 0) is 61.7 Å². The number of non-ortho nitro benzene ring substituents is 1. The lowest BCUT2D eigenvalue weighted by molar-refractivity contribution is -0.384. The third-order valence-corrected chi connectivity index (χ3v) is 4.70. The van der Waals surface area contributed by atoms with Gasteiger partial charge in [0.25, 0.3) is 5.69 Å². The highest BCUT2D eigenvalue weighted by Gasteiger charge is 2.19. The quantitative estimate of drug-likeness (QED) is 0.654. The van der Waals surface area contributed by atoms with Gasteiger partial charge in [0.05, 0.1) is 10.6 Å². The molecule has 6 heteroatoms. The molecule has 1 N–H and O–H groups in total. The number of hydrogen-bond acceptors (Lipinski definition) is 4. The standard InChI is InChI=1S/C15H22BrN3O2/c1-11(2)18-8-3-4-12(7-9-18)17-15-10-13(19(20)21)5-6-14(15)16/h5-6,10-12,17H,3-4,7-9H2,1-2H3. The molecular formula is C15H22BrN3O2. The highest BCUT2D eigenvalue weighted by Crippen LogP contribution is 2.29. The molecule has 116 valence electrons. The second kappa shape index (κ2) is 7.22. The average Bonchev–Trinajstić information content (AvgIpc) is 2.66. The van der Waals surface area contributed by atoms with Crippen molar-refractivity contribution in [2.75, 3.05) is 18.4 Å². The molecule has 1 aliphatic heterocycles. The number of halogens is 1. The van der Waals surface area contributed by atoms with Gasteiger partial charge in [0.15, 0.2) is 0 Å². The predicted octanol–water partition coefficient (Wildman–Crippen LogP) is 4.03. The molecule has 0 radical (unpaired) electrons. The maximum Gasteiger partial charge on any atom is 0.271 e. The van der Waals surface area contributed by atoms with Gasteiger partial charge in [-0.2, -0.15) is 0 Å². The number of rotatable bonds is 4. The molecule has 1 heterocycles. The summed E-state index contributed by atoms with van der Waals surface area (Å²) in [5.41, 5.74) is 0.935. The highest BCUT2D eigenvalue weighted by molar-refractivity contribution is 9.10. The van der Waals surface area contributed by atoms with Crippen LogP contribution in [0.25, 0.3) is 0 Å². The zero-order valence-corrected chi connectivity index (χ0v) is 14.1. The Bertz CT molecular complexity index is 508. The molecule has 21 heavy (non-hydrogen) atoms. The van der Waals surface area contributed by atoms with Gasteiger partial charge in [0.1, 0.15) is 0 Å². The number of hydrogen-bond donors (Lipinski definition) is 1. The molecule has 1 aliphatic rings. The van der Waals surface area contributed by atoms with Crippen LogP contribution in [0.15, 0.2) is 22.7 Å². The third kappa shape index (κ3) is 4.41. The van der Waals surface area contributed by atoms with Crippen molar-refractivity contribution in [3.05, 3.63) is 32.8 Å². The fourth-order valence-corrected chi connectivity index (χ4v) is 3.10. The van der Waals surface area contributed by atoms with E-state index in [4.69, 9.17) is 0 Å². The maximum absolute atomic E-state index is 10.9. The maximum atomic E-state index is 10.9. The lowest BCUT2D eigenvalue weighted by Gasteiger charge is -2.24. The van der Waals surface area contributed by atoms with Crippen LogP contribution in [-0.4, -0.2) is 35.0 Å². The molecule has 1 unspecified atom stereocenters. The number of nitro groups is 1. The third-order valence-electron chi connectivity index (χ3n) is 4.01. The van der Waals surface area contributed by atoms with Crippen LogP contribution in [0.2, 0.25) is 0 Å². The minimum atomic E-state index is -0.356. The highest BCUT2D eigenvalue weighted by atomic mass is 79.9. The van der Waals surface area contributed by atoms with E-state index >= 15 is 0 Å². The van der Waals surface area contributed by atoms with E-state index in [1.807, 2.05) is 0 Å². The van der Waals surface area contributed by atoms with Gasteiger partial charge in [-0.1, -0.05) is 0 Å². The number of likely N-dealkylation sites (tertiary alicyclic amines) is 1. The van der Waals surface area contributed by atoms with Crippen LogP contribution in [0.4, 0.5) is 11.4 Å². The van der Waals surface area contributed by atoms with Crippen molar-refractivity contribution in [3.8, 4) is 0 Å². The van der Waals surface area contributed by atoms with E-state index in [-0.39, 0.29) is 10.6 Å². The molecule has 1 fully saturated rings. The molecule has 1 aromatic rings. The topological polar surface area (TPSA) is 58.4 Å². The van der Waals surface area contributed by atoms with Gasteiger partial charge in [-0.25, -0.2) is 0 Å². The molecule has 5 nitrogen and oxygen atoms in total. The molecular weight excluding hydrogens is 334 g/mol. The SMILES string of the molecule is CC(C)N1CCCC(Nc2cc([N+](=O)[O-])ccc2Br)CC1. The van der Waals surface area contributed by atoms with E-state index in [1.165, 1.54) is 6.07 Å². The molecule has 0 aromatic heterocycles. The fourth-order valence-electron chi connectivity index (χ4n) is 2.74. The summed E-state index contributed by atoms with van der Waals surface area (Å²) in [6.45, 7) is 6.66. The van der Waals surface area contributed by atoms with E-state index in [1.54, 1.807) is 12.1 Å². The van der Waals surface area contributed by atoms with E-state index in [9.17, 15) is 10.1 Å². The summed E-state index contributed by atoms with van der Waals surface area (Å²) in [5.74, 6) is 0. The summed E-state index contributed by atoms with van der Waals surface area (Å²) in [7, 11) is 0. The van der Waals surface area contributed by atoms with Crippen molar-refractivity contribution >= 4 is 27.3 Å². The second-order valence-electron chi connectivity index (χ2n) is 5.82. The molecule has 0 aliphatic carbocycles. The van der Waals surface area contributed by atoms with Crippen LogP contribution >= 0.6 is 15.9 Å². The Kier molecular flexibility index (Phi) is 5.58. The van der Waals surface area contributed by atoms with E-state index < -0.39 is 0 Å². The Hall–Kier alpha value is -1.14. The second-order valence-corrected chi connectivity index (χ2v) is 6.68. The molecule has 1 aromatic carbocycles. The van der Waals surface area contributed by atoms with Crippen molar-refractivity contribution in [2.45, 2.75) is 45.2 Å². The van der Waals surface area contributed by atoms with Crippen LogP contribution in [0.3, 0.4) is 0 Å². The molecule has 0 amide bonds. The summed E-state index contributed by atoms with van der Waals surface area (Å²) in [6, 6.07) is 5.80. The first-order valence-electron chi connectivity index (χ1n) is 7.42. The minimum Gasteiger partial charge on any atom is -0.381 e. The Labute approximate surface area is 134 Å². The first-order chi connectivity index (χ1) is 9.97. The summed E-state index contributed by atoms with van der Waals surface area (Å²) in [4.78, 5) is 13.0. The van der Waals surface area contributed by atoms with Gasteiger partial charge >= 0.3 is 0 Å². The monoisotopic (exact) mass is 355 g/mol. The smallest absolute Gasteiger partial charge is 0.271 e. The van der Waals surface area contributed by atoms with Crippen LogP contribution < -0.4 is 5.32 Å². The number of anilines is 1. The lowest BCUT2D eigenvalue weighted by Crippen LogP contribution is -2.32. The summed E-state index contributed by atoms with van der Waals surface area (Å²) < 4.78 is 0.873. The molecule has 0 saturated carbocycles. The first-order valence-corrected chi connectivity index (χ1v) is 8.21. The van der Waals surface area contributed by atoms with Gasteiger partial charge in [0, 0.05) is 35.2 Å². The number of nitrogens with one attached hydrogen (secondary N) is 1. The molecule has 0 bridgehead atoms. The van der Waals surface area contributed by atoms with Crippen molar-refractivity contribution in [3.63, 3.8) is 0 Å². The molecule has 1 atom stereocenters. The van der Waals surface area contributed by atoms with Gasteiger partial charge < -0.3 is 10.2 Å². The van der Waals surface area contributed by atoms with Crippen molar-refractivity contribution < 1.29 is 4.92 Å². The fraction of sp³-hybridized carbons (Fsp3) is 0.600. The van der Waals surface area contributed by atoms with E-state index in [2.05, 4.69) is 40.0 Å². The Morgan fingerprint density at radius 1 is 1.38 bits per heavy atom. The summed E-state index contributed by atoms with van der Waals surface area (Å²) in [6.07, 6.45) is 3.31. The molecule has 1 saturated heterocycles. The minimum absolute atomic E-state index is 0.123. The zero-order valence-electron chi connectivity index (χ0n) is 12.5. The average molecular weight is 356 g/mol. The number of benzene rings is 1. The van der Waals surface area contributed by atoms with Crippen LogP contribution in [0.1, 0.15) is 33.1 Å². The normalized spacial score (nSPS) is 20.3. The Balaban J connectivity index is 2.04. The van der Waals surface area contributed by atoms with E-state index in [0.29, 0.717) is 12.1 Å². The summed E-state index contributed by atoms with van der Waals surface area (Å²) in [5, 5.41) is 14.4. The molecule has 0 spiro atoms. The Morgan fingerprint density at radius 3 is 2.81 bits per heavy atom. The van der Waals surface area contributed by atoms with Crippen LogP contribution in [0.5, 0.6) is 0 Å². The zero-order chi connectivity index (χ0) is 15.4. The van der Waals surface area contributed by atoms with Gasteiger partial charge in [-0.15, -0.1) is 0 Å². The summed E-state index contributed by atoms with van der Waals surface area (Å²) >= 11 is 3.47. The van der Waals surface area contributed by atoms with Crippen LogP contribution in [0, 0.1) is 10.1 Å². The number of nitro benzene ring substituents is 1. The predicted molar refractivity (Wildman–Crippen MR) is 88.8 cm³/mol. The van der Waals surface area contributed by atoms with Crippen molar-refractivity contribution in [1.82, 2.24) is 4.90 Å². The first kappa shape index (κ1) is 16.2. The van der Waals surface area contributed by atoms with Gasteiger partial charge in [-0.3, -0.25) is 10.1 Å². The lowest BCUT2D eigenvalue weighted by atomic mass is 10.1. The number of nitrogens with zero attached hydrogens (tertiary/aromatic N) is 2. The van der Waals surface area contributed by atoms with Crippen molar-refractivity contribution in [2.24, 2.45) is 0 Å². The van der Waals surface area contributed by atoms with Crippen LogP contribution in [-0.2, 0) is 0 Å². The van der Waals surface area contributed by atoms with Gasteiger partial charge in [0.2, 0.25) is 0 Å². The largest absolute Gasteiger partial charge is 0.381 e. The van der Waals surface area contributed by atoms with E-state index in [0.717, 1.165) is 42.5 Å². The molecule has 2 rings (SSSR count).